The summed E-state index contributed by atoms with van der Waals surface area (Å²) in [6.07, 6.45) is 2.54. The summed E-state index contributed by atoms with van der Waals surface area (Å²) in [4.78, 5) is 12.6. The number of carbonyl (C=O) groups is 1. The highest BCUT2D eigenvalue weighted by Crippen LogP contribution is 2.47. The van der Waals surface area contributed by atoms with E-state index in [2.05, 4.69) is 55.6 Å². The molecule has 4 heteroatoms. The summed E-state index contributed by atoms with van der Waals surface area (Å²) < 4.78 is 5.48. The first-order valence-electron chi connectivity index (χ1n) is 10.4. The molecule has 0 bridgehead atoms. The van der Waals surface area contributed by atoms with Gasteiger partial charge in [0.1, 0.15) is 5.75 Å². The lowest BCUT2D eigenvalue weighted by Crippen LogP contribution is -2.20. The van der Waals surface area contributed by atoms with E-state index in [0.29, 0.717) is 0 Å². The van der Waals surface area contributed by atoms with Gasteiger partial charge in [0.25, 0.3) is 0 Å². The number of nitrogens with zero attached hydrogens (tertiary/aromatic N) is 1. The van der Waals surface area contributed by atoms with Crippen molar-refractivity contribution in [2.24, 2.45) is 11.0 Å². The van der Waals surface area contributed by atoms with Crippen molar-refractivity contribution < 1.29 is 9.53 Å². The van der Waals surface area contributed by atoms with Crippen LogP contribution in [0.15, 0.2) is 65.8 Å². The topological polar surface area (TPSA) is 50.7 Å². The SMILES string of the molecule is COc1ccc2ccccc2c1/C=N/NC(=O)[C@@H]1C[C@@H]1c1ccc(C(C)(C)C)cc1. The van der Waals surface area contributed by atoms with Gasteiger partial charge in [0.15, 0.2) is 0 Å². The molecular weight excluding hydrogens is 372 g/mol. The Morgan fingerprint density at radius 1 is 1.07 bits per heavy atom. The van der Waals surface area contributed by atoms with E-state index in [-0.39, 0.29) is 23.2 Å². The molecule has 0 radical (unpaired) electrons. The molecule has 4 rings (SSSR count). The zero-order valence-electron chi connectivity index (χ0n) is 18.0. The Morgan fingerprint density at radius 3 is 2.50 bits per heavy atom. The molecule has 0 heterocycles. The van der Waals surface area contributed by atoms with Crippen molar-refractivity contribution in [1.29, 1.82) is 0 Å². The average molecular weight is 401 g/mol. The molecule has 1 N–H and O–H groups in total. The van der Waals surface area contributed by atoms with E-state index in [1.165, 1.54) is 11.1 Å². The Balaban J connectivity index is 1.43. The first-order chi connectivity index (χ1) is 14.4. The zero-order chi connectivity index (χ0) is 21.3. The number of carbonyl (C=O) groups excluding carboxylic acids is 1. The van der Waals surface area contributed by atoms with Gasteiger partial charge in [-0.05, 0) is 45.7 Å². The van der Waals surface area contributed by atoms with Gasteiger partial charge in [-0.15, -0.1) is 0 Å². The second-order valence-electron chi connectivity index (χ2n) is 8.96. The van der Waals surface area contributed by atoms with Gasteiger partial charge in [-0.3, -0.25) is 4.79 Å². The van der Waals surface area contributed by atoms with Crippen LogP contribution in [0.5, 0.6) is 5.75 Å². The molecule has 4 nitrogen and oxygen atoms in total. The Kier molecular flexibility index (Phi) is 5.33. The molecule has 1 aliphatic carbocycles. The van der Waals surface area contributed by atoms with Crippen LogP contribution in [0.25, 0.3) is 10.8 Å². The normalized spacial score (nSPS) is 18.5. The van der Waals surface area contributed by atoms with E-state index in [0.717, 1.165) is 28.5 Å². The molecule has 0 aliphatic heterocycles. The lowest BCUT2D eigenvalue weighted by Gasteiger charge is -2.19. The van der Waals surface area contributed by atoms with E-state index in [4.69, 9.17) is 4.74 Å². The van der Waals surface area contributed by atoms with Crippen molar-refractivity contribution in [3.63, 3.8) is 0 Å². The molecule has 3 aromatic carbocycles. The quantitative estimate of drug-likeness (QED) is 0.460. The Bertz CT molecular complexity index is 1090. The number of amides is 1. The fourth-order valence-electron chi connectivity index (χ4n) is 3.91. The average Bonchev–Trinajstić information content (AvgIpc) is 3.54. The number of fused-ring (bicyclic) bond motifs is 1. The number of hydrogen-bond acceptors (Lipinski definition) is 3. The highest BCUT2D eigenvalue weighted by molar-refractivity contribution is 6.02. The lowest BCUT2D eigenvalue weighted by molar-refractivity contribution is -0.122. The first-order valence-corrected chi connectivity index (χ1v) is 10.4. The summed E-state index contributed by atoms with van der Waals surface area (Å²) in [6, 6.07) is 20.7. The van der Waals surface area contributed by atoms with Gasteiger partial charge in [-0.25, -0.2) is 5.43 Å². The molecule has 1 aliphatic rings. The highest BCUT2D eigenvalue weighted by atomic mass is 16.5. The number of rotatable bonds is 5. The molecule has 2 atom stereocenters. The van der Waals surface area contributed by atoms with E-state index in [1.807, 2.05) is 36.4 Å². The molecule has 0 aromatic heterocycles. The van der Waals surface area contributed by atoms with Gasteiger partial charge in [0.2, 0.25) is 5.91 Å². The van der Waals surface area contributed by atoms with Crippen LogP contribution in [-0.4, -0.2) is 19.2 Å². The second kappa shape index (κ2) is 7.94. The maximum atomic E-state index is 12.6. The summed E-state index contributed by atoms with van der Waals surface area (Å²) in [5.74, 6) is 0.962. The van der Waals surface area contributed by atoms with Gasteiger partial charge in [0, 0.05) is 11.5 Å². The van der Waals surface area contributed by atoms with Gasteiger partial charge in [-0.1, -0.05) is 75.4 Å². The number of ether oxygens (including phenoxy) is 1. The summed E-state index contributed by atoms with van der Waals surface area (Å²) in [6.45, 7) is 6.62. The van der Waals surface area contributed by atoms with Crippen LogP contribution in [0.4, 0.5) is 0 Å². The summed E-state index contributed by atoms with van der Waals surface area (Å²) in [7, 11) is 1.64. The van der Waals surface area contributed by atoms with E-state index in [9.17, 15) is 4.79 Å². The number of nitrogens with one attached hydrogen (secondary N) is 1. The minimum absolute atomic E-state index is 0.0166. The Morgan fingerprint density at radius 2 is 1.80 bits per heavy atom. The second-order valence-corrected chi connectivity index (χ2v) is 8.96. The fourth-order valence-corrected chi connectivity index (χ4v) is 3.91. The van der Waals surface area contributed by atoms with Crippen LogP contribution >= 0.6 is 0 Å². The van der Waals surface area contributed by atoms with Crippen molar-refractivity contribution in [2.75, 3.05) is 7.11 Å². The molecule has 3 aromatic rings. The van der Waals surface area contributed by atoms with Gasteiger partial charge in [0.05, 0.1) is 13.3 Å². The maximum Gasteiger partial charge on any atom is 0.243 e. The number of hydrazone groups is 1. The zero-order valence-corrected chi connectivity index (χ0v) is 18.0. The molecular formula is C26H28N2O2. The molecule has 154 valence electrons. The van der Waals surface area contributed by atoms with Crippen LogP contribution in [0, 0.1) is 5.92 Å². The minimum Gasteiger partial charge on any atom is -0.496 e. The standard InChI is InChI=1S/C26H28N2O2/c1-26(2,3)19-12-9-18(10-13-19)21-15-22(21)25(29)28-27-16-23-20-8-6-5-7-17(20)11-14-24(23)30-4/h5-14,16,21-22H,15H2,1-4H3,(H,28,29)/b27-16+/t21-,22-/m1/s1. The largest absolute Gasteiger partial charge is 0.496 e. The van der Waals surface area contributed by atoms with Crippen LogP contribution in [-0.2, 0) is 10.2 Å². The third-order valence-electron chi connectivity index (χ3n) is 5.85. The van der Waals surface area contributed by atoms with Gasteiger partial charge < -0.3 is 4.74 Å². The minimum atomic E-state index is -0.0321. The summed E-state index contributed by atoms with van der Waals surface area (Å²) in [5.41, 5.74) is 6.25. The van der Waals surface area contributed by atoms with Crippen LogP contribution in [0.2, 0.25) is 0 Å². The van der Waals surface area contributed by atoms with Crippen molar-refractivity contribution in [1.82, 2.24) is 5.43 Å². The lowest BCUT2D eigenvalue weighted by atomic mass is 9.86. The first kappa shape index (κ1) is 20.1. The van der Waals surface area contributed by atoms with E-state index in [1.54, 1.807) is 13.3 Å². The van der Waals surface area contributed by atoms with Crippen molar-refractivity contribution in [2.45, 2.75) is 38.5 Å². The molecule has 0 spiro atoms. The molecule has 1 saturated carbocycles. The van der Waals surface area contributed by atoms with Gasteiger partial charge >= 0.3 is 0 Å². The smallest absolute Gasteiger partial charge is 0.243 e. The third-order valence-corrected chi connectivity index (χ3v) is 5.85. The van der Waals surface area contributed by atoms with Crippen LogP contribution in [0.3, 0.4) is 0 Å². The predicted octanol–water partition coefficient (Wildman–Crippen LogP) is 5.40. The summed E-state index contributed by atoms with van der Waals surface area (Å²) in [5, 5.41) is 6.38. The highest BCUT2D eigenvalue weighted by Gasteiger charge is 2.44. The van der Waals surface area contributed by atoms with E-state index < -0.39 is 0 Å². The fraction of sp³-hybridized carbons (Fsp3) is 0.308. The number of methoxy groups -OCH3 is 1. The van der Waals surface area contributed by atoms with Crippen molar-refractivity contribution in [3.8, 4) is 5.75 Å². The summed E-state index contributed by atoms with van der Waals surface area (Å²) >= 11 is 0. The third kappa shape index (κ3) is 4.09. The molecule has 1 fully saturated rings. The molecule has 0 saturated heterocycles. The van der Waals surface area contributed by atoms with Crippen molar-refractivity contribution in [3.05, 3.63) is 77.4 Å². The monoisotopic (exact) mass is 400 g/mol. The Labute approximate surface area is 178 Å². The Hall–Kier alpha value is -3.14. The van der Waals surface area contributed by atoms with Gasteiger partial charge in [-0.2, -0.15) is 5.10 Å². The number of benzene rings is 3. The molecule has 30 heavy (non-hydrogen) atoms. The van der Waals surface area contributed by atoms with Crippen molar-refractivity contribution >= 4 is 22.9 Å². The number of hydrogen-bond donors (Lipinski definition) is 1. The maximum absolute atomic E-state index is 12.6. The van der Waals surface area contributed by atoms with Crippen LogP contribution < -0.4 is 10.2 Å². The van der Waals surface area contributed by atoms with Crippen LogP contribution in [0.1, 0.15) is 49.8 Å². The van der Waals surface area contributed by atoms with E-state index >= 15 is 0 Å². The molecule has 0 unspecified atom stereocenters. The predicted molar refractivity (Wildman–Crippen MR) is 122 cm³/mol. The molecule has 1 amide bonds.